The van der Waals surface area contributed by atoms with Crippen molar-refractivity contribution in [2.75, 3.05) is 30.3 Å². The first-order valence-electron chi connectivity index (χ1n) is 13.9. The minimum absolute atomic E-state index is 0.0890. The van der Waals surface area contributed by atoms with E-state index in [9.17, 15) is 27.6 Å². The molecule has 2 amide bonds. The number of aromatic nitrogens is 5. The molecule has 4 rings (SSSR count). The van der Waals surface area contributed by atoms with Crippen LogP contribution in [0.4, 0.5) is 30.6 Å². The summed E-state index contributed by atoms with van der Waals surface area (Å²) in [5.41, 5.74) is 1.95. The van der Waals surface area contributed by atoms with Crippen LogP contribution < -0.4 is 26.0 Å². The van der Waals surface area contributed by atoms with Crippen LogP contribution in [0.25, 0.3) is 0 Å². The molecule has 0 unspecified atom stereocenters. The molecule has 18 heteroatoms. The van der Waals surface area contributed by atoms with Gasteiger partial charge in [-0.3, -0.25) is 14.4 Å². The summed E-state index contributed by atoms with van der Waals surface area (Å²) in [6, 6.07) is 10.9. The van der Waals surface area contributed by atoms with E-state index >= 15 is 0 Å². The van der Waals surface area contributed by atoms with Crippen LogP contribution in [0.3, 0.4) is 0 Å². The molecule has 47 heavy (non-hydrogen) atoms. The third-order valence-electron chi connectivity index (χ3n) is 6.16. The van der Waals surface area contributed by atoms with Crippen LogP contribution in [0.1, 0.15) is 34.8 Å². The number of hydrogen-bond acceptors (Lipinski definition) is 12. The predicted octanol–water partition coefficient (Wildman–Crippen LogP) is 4.36. The number of nitrogens with zero attached hydrogens (tertiary/aromatic N) is 5. The van der Waals surface area contributed by atoms with Crippen molar-refractivity contribution in [3.05, 3.63) is 75.3 Å². The fourth-order valence-electron chi connectivity index (χ4n) is 3.71. The molecular formula is C29H29ClF3N9O4S. The number of ether oxygens (including phenoxy) is 1. The van der Waals surface area contributed by atoms with E-state index in [4.69, 9.17) is 16.3 Å². The Labute approximate surface area is 275 Å². The van der Waals surface area contributed by atoms with Crippen LogP contribution >= 0.6 is 22.9 Å². The van der Waals surface area contributed by atoms with Gasteiger partial charge in [0.2, 0.25) is 5.78 Å². The summed E-state index contributed by atoms with van der Waals surface area (Å²) in [6.45, 7) is 2.62. The maximum absolute atomic E-state index is 12.8. The lowest BCUT2D eigenvalue weighted by atomic mass is 9.93. The SMILES string of the molecule is CC(C)(CNC(=O)C(=O)Cc1nncs1)CNC(=O)c1ccc(Nc2cc(NCc3ccc(Cl)cc3)nc(OCC(F)(F)F)n2)nc1. The topological polar surface area (TPSA) is 173 Å². The maximum Gasteiger partial charge on any atom is 0.422 e. The number of amides is 2. The first-order chi connectivity index (χ1) is 22.2. The minimum Gasteiger partial charge on any atom is -0.454 e. The molecule has 0 radical (unpaired) electrons. The van der Waals surface area contributed by atoms with Gasteiger partial charge < -0.3 is 26.0 Å². The molecule has 248 valence electrons. The fourth-order valence-corrected chi connectivity index (χ4v) is 4.36. The van der Waals surface area contributed by atoms with Crippen molar-refractivity contribution in [2.24, 2.45) is 5.41 Å². The monoisotopic (exact) mass is 691 g/mol. The Kier molecular flexibility index (Phi) is 11.6. The van der Waals surface area contributed by atoms with Crippen molar-refractivity contribution in [3.63, 3.8) is 0 Å². The molecule has 0 bridgehead atoms. The Morgan fingerprint density at radius 3 is 2.34 bits per heavy atom. The van der Waals surface area contributed by atoms with E-state index < -0.39 is 41.8 Å². The van der Waals surface area contributed by atoms with Gasteiger partial charge in [0.1, 0.15) is 28.0 Å². The van der Waals surface area contributed by atoms with E-state index in [0.29, 0.717) is 16.6 Å². The summed E-state index contributed by atoms with van der Waals surface area (Å²) in [5.74, 6) is -1.31. The van der Waals surface area contributed by atoms with Crippen LogP contribution in [0.2, 0.25) is 5.02 Å². The van der Waals surface area contributed by atoms with Gasteiger partial charge in [0.15, 0.2) is 6.61 Å². The molecular weight excluding hydrogens is 663 g/mol. The first kappa shape index (κ1) is 35.0. The number of nitrogens with one attached hydrogen (secondary N) is 4. The van der Waals surface area contributed by atoms with Gasteiger partial charge in [-0.1, -0.05) is 37.6 Å². The number of Topliss-reactive ketones (excluding diaryl/α,β-unsaturated/α-hetero) is 1. The zero-order valence-electron chi connectivity index (χ0n) is 25.0. The smallest absolute Gasteiger partial charge is 0.422 e. The van der Waals surface area contributed by atoms with E-state index in [0.717, 1.165) is 5.56 Å². The van der Waals surface area contributed by atoms with Crippen molar-refractivity contribution >= 4 is 58.0 Å². The number of benzene rings is 1. The van der Waals surface area contributed by atoms with Crippen LogP contribution in [0, 0.1) is 5.41 Å². The molecule has 0 atom stereocenters. The normalized spacial score (nSPS) is 11.4. The second-order valence-electron chi connectivity index (χ2n) is 10.8. The Morgan fingerprint density at radius 2 is 1.68 bits per heavy atom. The Balaban J connectivity index is 1.33. The largest absolute Gasteiger partial charge is 0.454 e. The molecule has 13 nitrogen and oxygen atoms in total. The number of carbonyl (C=O) groups is 3. The van der Waals surface area contributed by atoms with Crippen molar-refractivity contribution in [1.82, 2.24) is 35.8 Å². The standard InChI is InChI=1S/C29H29ClF3N9O4S/c1-28(2,14-37-26(45)20(43)9-24-42-38-16-47-24)13-36-25(44)18-5-8-21(35-12-18)39-23-10-22(34-11-17-3-6-19(30)7-4-17)40-27(41-23)46-15-29(31,32)33/h3-8,10,12,16H,9,11,13-15H2,1-2H3,(H,36,44)(H,37,45)(H2,34,35,39,40,41). The van der Waals surface area contributed by atoms with Gasteiger partial charge in [0.05, 0.1) is 12.0 Å². The lowest BCUT2D eigenvalue weighted by Crippen LogP contribution is -2.44. The number of anilines is 3. The van der Waals surface area contributed by atoms with Crippen LogP contribution in [0.5, 0.6) is 6.01 Å². The summed E-state index contributed by atoms with van der Waals surface area (Å²) in [5, 5.41) is 19.6. The highest BCUT2D eigenvalue weighted by molar-refractivity contribution is 7.09. The highest BCUT2D eigenvalue weighted by atomic mass is 35.5. The highest BCUT2D eigenvalue weighted by Gasteiger charge is 2.29. The average molecular weight is 692 g/mol. The van der Waals surface area contributed by atoms with E-state index in [1.165, 1.54) is 41.2 Å². The van der Waals surface area contributed by atoms with Crippen LogP contribution in [-0.4, -0.2) is 68.6 Å². The van der Waals surface area contributed by atoms with Gasteiger partial charge in [0, 0.05) is 36.9 Å². The lowest BCUT2D eigenvalue weighted by Gasteiger charge is -2.25. The molecule has 0 aliphatic heterocycles. The molecule has 0 aliphatic carbocycles. The second kappa shape index (κ2) is 15.6. The van der Waals surface area contributed by atoms with Gasteiger partial charge in [-0.05, 0) is 35.2 Å². The minimum atomic E-state index is -4.59. The number of carbonyl (C=O) groups excluding carboxylic acids is 3. The number of hydrogen-bond donors (Lipinski definition) is 4. The molecule has 1 aromatic carbocycles. The number of pyridine rings is 1. The average Bonchev–Trinajstić information content (AvgIpc) is 3.54. The Bertz CT molecular complexity index is 1670. The fraction of sp³-hybridized carbons (Fsp3) is 0.310. The van der Waals surface area contributed by atoms with Crippen molar-refractivity contribution in [1.29, 1.82) is 0 Å². The van der Waals surface area contributed by atoms with Crippen LogP contribution in [0.15, 0.2) is 54.2 Å². The molecule has 3 aromatic heterocycles. The van der Waals surface area contributed by atoms with Gasteiger partial charge in [-0.25, -0.2) is 4.98 Å². The van der Waals surface area contributed by atoms with E-state index in [1.807, 2.05) is 0 Å². The molecule has 4 aromatic rings. The Hall–Kier alpha value is -4.90. The summed E-state index contributed by atoms with van der Waals surface area (Å²) in [4.78, 5) is 49.2. The van der Waals surface area contributed by atoms with Gasteiger partial charge >= 0.3 is 12.2 Å². The molecule has 0 saturated carbocycles. The van der Waals surface area contributed by atoms with E-state index in [2.05, 4.69) is 46.4 Å². The van der Waals surface area contributed by atoms with Gasteiger partial charge in [-0.2, -0.15) is 23.1 Å². The molecule has 0 spiro atoms. The molecule has 0 saturated heterocycles. The summed E-state index contributed by atoms with van der Waals surface area (Å²) >= 11 is 7.09. The highest BCUT2D eigenvalue weighted by Crippen LogP contribution is 2.23. The van der Waals surface area contributed by atoms with Gasteiger partial charge in [-0.15, -0.1) is 21.5 Å². The molecule has 0 aliphatic rings. The molecule has 3 heterocycles. The third-order valence-corrected chi connectivity index (χ3v) is 7.11. The molecule has 4 N–H and O–H groups in total. The van der Waals surface area contributed by atoms with E-state index in [-0.39, 0.29) is 42.5 Å². The summed E-state index contributed by atoms with van der Waals surface area (Å²) in [6.07, 6.45) is -3.43. The lowest BCUT2D eigenvalue weighted by molar-refractivity contribution is -0.154. The van der Waals surface area contributed by atoms with Crippen molar-refractivity contribution in [2.45, 2.75) is 33.0 Å². The number of halogens is 4. The predicted molar refractivity (Wildman–Crippen MR) is 168 cm³/mol. The third kappa shape index (κ3) is 11.8. The zero-order valence-corrected chi connectivity index (χ0v) is 26.6. The van der Waals surface area contributed by atoms with Crippen LogP contribution in [-0.2, 0) is 22.6 Å². The summed E-state index contributed by atoms with van der Waals surface area (Å²) < 4.78 is 43.1. The van der Waals surface area contributed by atoms with Crippen molar-refractivity contribution < 1.29 is 32.3 Å². The second-order valence-corrected chi connectivity index (χ2v) is 12.2. The van der Waals surface area contributed by atoms with E-state index in [1.54, 1.807) is 38.1 Å². The number of rotatable bonds is 15. The molecule has 0 fully saturated rings. The van der Waals surface area contributed by atoms with Crippen molar-refractivity contribution in [3.8, 4) is 6.01 Å². The number of ketones is 1. The zero-order chi connectivity index (χ0) is 34.0. The quantitative estimate of drug-likeness (QED) is 0.131. The van der Waals surface area contributed by atoms with Gasteiger partial charge in [0.25, 0.3) is 11.8 Å². The number of alkyl halides is 3. The maximum atomic E-state index is 12.8. The first-order valence-corrected chi connectivity index (χ1v) is 15.1. The Morgan fingerprint density at radius 1 is 0.957 bits per heavy atom. The summed E-state index contributed by atoms with van der Waals surface area (Å²) in [7, 11) is 0.